The number of benzene rings is 2. The minimum absolute atomic E-state index is 0.0607. The van der Waals surface area contributed by atoms with Gasteiger partial charge in [0.15, 0.2) is 5.78 Å². The molecule has 0 radical (unpaired) electrons. The highest BCUT2D eigenvalue weighted by atomic mass is 19.4. The molecular formula is C17H12F6O2. The number of halogens is 6. The molecule has 0 fully saturated rings. The first-order valence-electron chi connectivity index (χ1n) is 6.99. The zero-order valence-corrected chi connectivity index (χ0v) is 12.8. The van der Waals surface area contributed by atoms with Gasteiger partial charge in [-0.1, -0.05) is 0 Å². The van der Waals surface area contributed by atoms with Crippen molar-refractivity contribution in [3.63, 3.8) is 0 Å². The average molecular weight is 362 g/mol. The third-order valence-electron chi connectivity index (χ3n) is 3.31. The van der Waals surface area contributed by atoms with Crippen LogP contribution >= 0.6 is 0 Å². The summed E-state index contributed by atoms with van der Waals surface area (Å²) in [6.45, 7) is 0.879. The Kier molecular flexibility index (Phi) is 5.10. The van der Waals surface area contributed by atoms with Crippen molar-refractivity contribution in [1.82, 2.24) is 0 Å². The van der Waals surface area contributed by atoms with Gasteiger partial charge in [0, 0.05) is 5.56 Å². The summed E-state index contributed by atoms with van der Waals surface area (Å²) < 4.78 is 81.9. The first kappa shape index (κ1) is 18.8. The van der Waals surface area contributed by atoms with Crippen LogP contribution in [-0.2, 0) is 19.0 Å². The molecule has 0 saturated carbocycles. The van der Waals surface area contributed by atoms with E-state index >= 15 is 0 Å². The van der Waals surface area contributed by atoms with E-state index in [2.05, 4.69) is 0 Å². The van der Waals surface area contributed by atoms with Gasteiger partial charge in [0.2, 0.25) is 0 Å². The molecule has 2 nitrogen and oxygen atoms in total. The maximum Gasteiger partial charge on any atom is 0.416 e. The molecule has 0 aliphatic heterocycles. The lowest BCUT2D eigenvalue weighted by Gasteiger charge is -2.14. The van der Waals surface area contributed by atoms with E-state index in [-0.39, 0.29) is 23.2 Å². The molecule has 134 valence electrons. The summed E-state index contributed by atoms with van der Waals surface area (Å²) in [5, 5.41) is 0. The lowest BCUT2D eigenvalue weighted by atomic mass is 10.1. The van der Waals surface area contributed by atoms with Crippen molar-refractivity contribution in [2.45, 2.75) is 25.9 Å². The lowest BCUT2D eigenvalue weighted by molar-refractivity contribution is -0.143. The van der Waals surface area contributed by atoms with Gasteiger partial charge >= 0.3 is 12.4 Å². The van der Waals surface area contributed by atoms with Gasteiger partial charge in [0.05, 0.1) is 11.1 Å². The maximum absolute atomic E-state index is 12.8. The first-order valence-corrected chi connectivity index (χ1v) is 6.99. The van der Waals surface area contributed by atoms with Crippen molar-refractivity contribution in [2.75, 3.05) is 0 Å². The van der Waals surface area contributed by atoms with Gasteiger partial charge in [-0.15, -0.1) is 0 Å². The Hall–Kier alpha value is -2.51. The molecule has 0 heterocycles. The molecule has 0 aliphatic rings. The van der Waals surface area contributed by atoms with E-state index in [9.17, 15) is 31.1 Å². The minimum Gasteiger partial charge on any atom is -0.489 e. The minimum atomic E-state index is -4.90. The molecule has 0 atom stereocenters. The maximum atomic E-state index is 12.8. The molecule has 0 bridgehead atoms. The number of hydrogen-bond acceptors (Lipinski definition) is 2. The summed E-state index contributed by atoms with van der Waals surface area (Å²) in [6, 6.07) is 7.00. The molecule has 0 spiro atoms. The number of ketones is 1. The third kappa shape index (κ3) is 4.98. The van der Waals surface area contributed by atoms with Crippen LogP contribution in [0.2, 0.25) is 0 Å². The zero-order chi connectivity index (χ0) is 18.8. The molecule has 2 aromatic rings. The summed E-state index contributed by atoms with van der Waals surface area (Å²) in [6.07, 6.45) is -9.81. The van der Waals surface area contributed by atoms with E-state index in [0.717, 1.165) is 0 Å². The van der Waals surface area contributed by atoms with Crippen LogP contribution in [0, 0.1) is 0 Å². The molecule has 0 aromatic heterocycles. The number of carbonyl (C=O) groups is 1. The Morgan fingerprint density at radius 3 is 1.76 bits per heavy atom. The van der Waals surface area contributed by atoms with Crippen LogP contribution in [-0.4, -0.2) is 5.78 Å². The standard InChI is InChI=1S/C17H12F6O2/c1-10(24)12-2-4-15(5-3-12)25-9-11-6-13(16(18,19)20)8-14(7-11)17(21,22)23/h2-8H,9H2,1H3. The third-order valence-corrected chi connectivity index (χ3v) is 3.31. The van der Waals surface area contributed by atoms with Gasteiger partial charge in [-0.25, -0.2) is 0 Å². The number of alkyl halides is 6. The molecular weight excluding hydrogens is 350 g/mol. The number of rotatable bonds is 4. The Balaban J connectivity index is 2.24. The Labute approximate surface area is 139 Å². The molecule has 25 heavy (non-hydrogen) atoms. The zero-order valence-electron chi connectivity index (χ0n) is 12.8. The van der Waals surface area contributed by atoms with E-state index < -0.39 is 30.1 Å². The van der Waals surface area contributed by atoms with Gasteiger partial charge in [-0.05, 0) is 55.0 Å². The van der Waals surface area contributed by atoms with Crippen molar-refractivity contribution in [3.8, 4) is 5.75 Å². The van der Waals surface area contributed by atoms with Crippen molar-refractivity contribution in [1.29, 1.82) is 0 Å². The second-order valence-electron chi connectivity index (χ2n) is 5.28. The highest BCUT2D eigenvalue weighted by Gasteiger charge is 2.36. The quantitative estimate of drug-likeness (QED) is 0.530. The molecule has 0 amide bonds. The smallest absolute Gasteiger partial charge is 0.416 e. The molecule has 0 N–H and O–H groups in total. The monoisotopic (exact) mass is 362 g/mol. The predicted molar refractivity (Wildman–Crippen MR) is 77.2 cm³/mol. The molecule has 0 saturated heterocycles. The summed E-state index contributed by atoms with van der Waals surface area (Å²) in [7, 11) is 0. The topological polar surface area (TPSA) is 26.3 Å². The van der Waals surface area contributed by atoms with Gasteiger partial charge in [-0.3, -0.25) is 4.79 Å². The van der Waals surface area contributed by atoms with Crippen molar-refractivity contribution >= 4 is 5.78 Å². The lowest BCUT2D eigenvalue weighted by Crippen LogP contribution is -2.12. The SMILES string of the molecule is CC(=O)c1ccc(OCc2cc(C(F)(F)F)cc(C(F)(F)F)c2)cc1. The number of carbonyl (C=O) groups excluding carboxylic acids is 1. The highest BCUT2D eigenvalue weighted by molar-refractivity contribution is 5.94. The molecule has 2 rings (SSSR count). The molecule has 0 unspecified atom stereocenters. The van der Waals surface area contributed by atoms with Crippen molar-refractivity contribution in [2.24, 2.45) is 0 Å². The fraction of sp³-hybridized carbons (Fsp3) is 0.235. The van der Waals surface area contributed by atoms with Gasteiger partial charge < -0.3 is 4.74 Å². The van der Waals surface area contributed by atoms with Crippen LogP contribution < -0.4 is 4.74 Å². The van der Waals surface area contributed by atoms with Crippen LogP contribution in [0.3, 0.4) is 0 Å². The number of ether oxygens (including phenoxy) is 1. The van der Waals surface area contributed by atoms with Gasteiger partial charge in [0.1, 0.15) is 12.4 Å². The van der Waals surface area contributed by atoms with Crippen molar-refractivity contribution < 1.29 is 35.9 Å². The van der Waals surface area contributed by atoms with E-state index in [1.54, 1.807) is 0 Å². The van der Waals surface area contributed by atoms with E-state index in [0.29, 0.717) is 17.7 Å². The van der Waals surface area contributed by atoms with Crippen molar-refractivity contribution in [3.05, 3.63) is 64.7 Å². The Bertz CT molecular complexity index is 728. The van der Waals surface area contributed by atoms with Crippen LogP contribution in [0.15, 0.2) is 42.5 Å². The van der Waals surface area contributed by atoms with Crippen LogP contribution in [0.4, 0.5) is 26.3 Å². The molecule has 0 aliphatic carbocycles. The molecule has 8 heteroatoms. The summed E-state index contributed by atoms with van der Waals surface area (Å²) in [5.74, 6) is 0.0372. The van der Waals surface area contributed by atoms with Crippen LogP contribution in [0.5, 0.6) is 5.75 Å². The first-order chi connectivity index (χ1) is 11.5. The van der Waals surface area contributed by atoms with E-state index in [1.807, 2.05) is 0 Å². The van der Waals surface area contributed by atoms with Gasteiger partial charge in [-0.2, -0.15) is 26.3 Å². The summed E-state index contributed by atoms with van der Waals surface area (Å²) in [4.78, 5) is 11.1. The van der Waals surface area contributed by atoms with Crippen LogP contribution in [0.1, 0.15) is 34.0 Å². The van der Waals surface area contributed by atoms with Gasteiger partial charge in [0.25, 0.3) is 0 Å². The Morgan fingerprint density at radius 2 is 1.36 bits per heavy atom. The number of hydrogen-bond donors (Lipinski definition) is 0. The number of Topliss-reactive ketones (excluding diaryl/α,β-unsaturated/α-hetero) is 1. The largest absolute Gasteiger partial charge is 0.489 e. The second kappa shape index (κ2) is 6.78. The second-order valence-corrected chi connectivity index (χ2v) is 5.28. The fourth-order valence-corrected chi connectivity index (χ4v) is 2.06. The summed E-state index contributed by atoms with van der Waals surface area (Å²) >= 11 is 0. The molecule has 2 aromatic carbocycles. The predicted octanol–water partition coefficient (Wildman–Crippen LogP) is 5.51. The average Bonchev–Trinajstić information content (AvgIpc) is 2.51. The van der Waals surface area contributed by atoms with E-state index in [1.165, 1.54) is 31.2 Å². The highest BCUT2D eigenvalue weighted by Crippen LogP contribution is 2.36. The van der Waals surface area contributed by atoms with Crippen LogP contribution in [0.25, 0.3) is 0 Å². The Morgan fingerprint density at radius 1 is 0.880 bits per heavy atom. The fourth-order valence-electron chi connectivity index (χ4n) is 2.06. The van der Waals surface area contributed by atoms with E-state index in [4.69, 9.17) is 4.74 Å². The normalized spacial score (nSPS) is 12.1. The summed E-state index contributed by atoms with van der Waals surface area (Å²) in [5.41, 5.74) is -2.65.